The van der Waals surface area contributed by atoms with Crippen LogP contribution in [0.1, 0.15) is 18.4 Å². The van der Waals surface area contributed by atoms with Crippen LogP contribution in [0, 0.1) is 12.8 Å². The van der Waals surface area contributed by atoms with Crippen LogP contribution in [0.3, 0.4) is 0 Å². The van der Waals surface area contributed by atoms with E-state index >= 15 is 0 Å². The Hall–Kier alpha value is -3.80. The zero-order valence-electron chi connectivity index (χ0n) is 22.8. The molecule has 0 bridgehead atoms. The third-order valence-corrected chi connectivity index (χ3v) is 9.34. The summed E-state index contributed by atoms with van der Waals surface area (Å²) in [7, 11) is 0. The van der Waals surface area contributed by atoms with Gasteiger partial charge in [-0.3, -0.25) is 14.5 Å². The number of carbonyl (C=O) groups excluding carboxylic acids is 3. The number of nitrogens with two attached hydrogens (primary N) is 1. The normalized spacial score (nSPS) is 25.4. The maximum Gasteiger partial charge on any atom is 0.326 e. The fraction of sp³-hybridized carbons (Fsp3) is 0.367. The molecule has 4 amide bonds. The van der Waals surface area contributed by atoms with Gasteiger partial charge in [0.05, 0.1) is 16.3 Å². The van der Waals surface area contributed by atoms with Crippen LogP contribution in [0.4, 0.5) is 10.5 Å². The summed E-state index contributed by atoms with van der Waals surface area (Å²) in [6.07, 6.45) is 4.56. The van der Waals surface area contributed by atoms with Crippen molar-refractivity contribution in [1.82, 2.24) is 20.9 Å². The van der Waals surface area contributed by atoms with E-state index in [9.17, 15) is 14.4 Å². The van der Waals surface area contributed by atoms with Crippen molar-refractivity contribution in [2.75, 3.05) is 31.1 Å². The summed E-state index contributed by atoms with van der Waals surface area (Å²) in [6, 6.07) is 14.9. The molecule has 3 unspecified atom stereocenters. The highest BCUT2D eigenvalue weighted by atomic mass is 32.2. The molecule has 11 heteroatoms. The molecule has 10 nitrogen and oxygen atoms in total. The number of para-hydroxylation sites is 1. The van der Waals surface area contributed by atoms with Crippen molar-refractivity contribution >= 4 is 35.3 Å². The maximum absolute atomic E-state index is 13.6. The Kier molecular flexibility index (Phi) is 7.74. The minimum Gasteiger partial charge on any atom is -0.457 e. The van der Waals surface area contributed by atoms with Crippen molar-refractivity contribution in [2.24, 2.45) is 11.7 Å². The Morgan fingerprint density at radius 3 is 2.78 bits per heavy atom. The standard InChI is InChI=1S/C30H34N6O4S/c1-18-16-21(40-20-6-3-2-4-7-20)9-10-22(18)36-23-11-14-32-29-25(23)26(34-30(36)39)27(41-29)28(38)33-19-12-15-35(17-19)24(37)8-5-13-31/h2-10,16,19,23,25,29,32H,11-15,17,31H2,1H3,(H,33,38)(H,34,39)/b8-5+/t19-,23?,25?,29?/m1/s1. The second-order valence-electron chi connectivity index (χ2n) is 10.7. The first-order chi connectivity index (χ1) is 19.9. The Labute approximate surface area is 243 Å². The zero-order chi connectivity index (χ0) is 28.5. The van der Waals surface area contributed by atoms with Gasteiger partial charge in [-0.15, -0.1) is 0 Å². The molecule has 3 saturated heterocycles. The molecular weight excluding hydrogens is 540 g/mol. The molecular formula is C30H34N6O4S. The van der Waals surface area contributed by atoms with Crippen molar-refractivity contribution in [3.05, 3.63) is 76.8 Å². The van der Waals surface area contributed by atoms with Crippen molar-refractivity contribution in [1.29, 1.82) is 0 Å². The molecule has 4 aliphatic heterocycles. The molecule has 214 valence electrons. The van der Waals surface area contributed by atoms with Gasteiger partial charge in [0.2, 0.25) is 5.91 Å². The van der Waals surface area contributed by atoms with Crippen LogP contribution in [-0.2, 0) is 9.59 Å². The van der Waals surface area contributed by atoms with E-state index in [0.29, 0.717) is 42.4 Å². The van der Waals surface area contributed by atoms with Gasteiger partial charge >= 0.3 is 6.03 Å². The quantitative estimate of drug-likeness (QED) is 0.375. The van der Waals surface area contributed by atoms with Crippen LogP contribution in [0.25, 0.3) is 0 Å². The fourth-order valence-electron chi connectivity index (χ4n) is 6.09. The highest BCUT2D eigenvalue weighted by molar-refractivity contribution is 8.04. The van der Waals surface area contributed by atoms with Crippen molar-refractivity contribution < 1.29 is 19.1 Å². The predicted octanol–water partition coefficient (Wildman–Crippen LogP) is 2.81. The van der Waals surface area contributed by atoms with Crippen LogP contribution in [0.15, 0.2) is 71.3 Å². The Morgan fingerprint density at radius 1 is 1.17 bits per heavy atom. The number of nitrogens with zero attached hydrogens (tertiary/aromatic N) is 2. The molecule has 5 N–H and O–H groups in total. The average molecular weight is 575 g/mol. The van der Waals surface area contributed by atoms with E-state index in [1.165, 1.54) is 17.8 Å². The number of ether oxygens (including phenoxy) is 1. The molecule has 6 rings (SSSR count). The van der Waals surface area contributed by atoms with Gasteiger partial charge in [-0.1, -0.05) is 36.0 Å². The van der Waals surface area contributed by atoms with Crippen LogP contribution < -0.4 is 31.3 Å². The lowest BCUT2D eigenvalue weighted by Gasteiger charge is -2.46. The lowest BCUT2D eigenvalue weighted by molar-refractivity contribution is -0.125. The molecule has 2 aromatic carbocycles. The molecule has 4 heterocycles. The largest absolute Gasteiger partial charge is 0.457 e. The summed E-state index contributed by atoms with van der Waals surface area (Å²) >= 11 is 1.48. The number of hydrogen-bond acceptors (Lipinski definition) is 7. The van der Waals surface area contributed by atoms with E-state index in [1.54, 1.807) is 11.0 Å². The number of urea groups is 1. The molecule has 0 saturated carbocycles. The van der Waals surface area contributed by atoms with Crippen molar-refractivity contribution in [3.8, 4) is 11.5 Å². The van der Waals surface area contributed by atoms with Gasteiger partial charge in [0.25, 0.3) is 5.91 Å². The van der Waals surface area contributed by atoms with Gasteiger partial charge in [-0.2, -0.15) is 0 Å². The number of piperidine rings is 1. The van der Waals surface area contributed by atoms with Crippen molar-refractivity contribution in [2.45, 2.75) is 37.2 Å². The number of rotatable bonds is 7. The van der Waals surface area contributed by atoms with Gasteiger partial charge in [-0.25, -0.2) is 4.79 Å². The minimum atomic E-state index is -0.237. The summed E-state index contributed by atoms with van der Waals surface area (Å²) in [6.45, 7) is 4.06. The summed E-state index contributed by atoms with van der Waals surface area (Å²) in [4.78, 5) is 43.5. The molecule has 0 aliphatic carbocycles. The maximum atomic E-state index is 13.6. The van der Waals surface area contributed by atoms with Crippen LogP contribution in [-0.4, -0.2) is 66.4 Å². The molecule has 4 aliphatic rings. The predicted molar refractivity (Wildman–Crippen MR) is 158 cm³/mol. The van der Waals surface area contributed by atoms with Gasteiger partial charge < -0.3 is 31.3 Å². The van der Waals surface area contributed by atoms with E-state index in [0.717, 1.165) is 30.0 Å². The number of aryl methyl sites for hydroxylation is 1. The first kappa shape index (κ1) is 27.4. The van der Waals surface area contributed by atoms with E-state index < -0.39 is 0 Å². The molecule has 0 aromatic heterocycles. The Bertz CT molecular complexity index is 1410. The highest BCUT2D eigenvalue weighted by Gasteiger charge is 2.52. The van der Waals surface area contributed by atoms with E-state index in [4.69, 9.17) is 10.5 Å². The average Bonchev–Trinajstić information content (AvgIpc) is 3.59. The Morgan fingerprint density at radius 2 is 2.00 bits per heavy atom. The summed E-state index contributed by atoms with van der Waals surface area (Å²) in [5, 5.41) is 9.70. The number of benzene rings is 2. The first-order valence-electron chi connectivity index (χ1n) is 14.0. The summed E-state index contributed by atoms with van der Waals surface area (Å²) in [5.41, 5.74) is 7.90. The fourth-order valence-corrected chi connectivity index (χ4v) is 7.49. The molecule has 3 fully saturated rings. The molecule has 0 radical (unpaired) electrons. The molecule has 0 spiro atoms. The molecule has 2 aromatic rings. The number of nitrogens with one attached hydrogen (secondary N) is 3. The molecule has 41 heavy (non-hydrogen) atoms. The first-order valence-corrected chi connectivity index (χ1v) is 14.8. The lowest BCUT2D eigenvalue weighted by atomic mass is 9.86. The second-order valence-corrected chi connectivity index (χ2v) is 11.8. The number of carbonyl (C=O) groups is 3. The summed E-state index contributed by atoms with van der Waals surface area (Å²) < 4.78 is 6.00. The number of anilines is 1. The smallest absolute Gasteiger partial charge is 0.326 e. The van der Waals surface area contributed by atoms with E-state index in [2.05, 4.69) is 16.0 Å². The van der Waals surface area contributed by atoms with E-state index in [1.807, 2.05) is 60.4 Å². The van der Waals surface area contributed by atoms with Crippen molar-refractivity contribution in [3.63, 3.8) is 0 Å². The lowest BCUT2D eigenvalue weighted by Crippen LogP contribution is -2.62. The van der Waals surface area contributed by atoms with Crippen LogP contribution in [0.5, 0.6) is 11.5 Å². The number of thioether (sulfide) groups is 1. The van der Waals surface area contributed by atoms with Gasteiger partial charge in [0.1, 0.15) is 11.5 Å². The number of likely N-dealkylation sites (tertiary alicyclic amines) is 1. The van der Waals surface area contributed by atoms with Crippen LogP contribution >= 0.6 is 11.8 Å². The molecule has 4 atom stereocenters. The highest BCUT2D eigenvalue weighted by Crippen LogP contribution is 2.48. The van der Waals surface area contributed by atoms with E-state index in [-0.39, 0.29) is 41.2 Å². The SMILES string of the molecule is Cc1cc(Oc2ccccc2)ccc1N1C(=O)NC2=C(C(=O)N[C@@H]3CCN(C(=O)/C=C/CN)C3)SC3NCCC1C23. The third kappa shape index (κ3) is 5.44. The number of hydrogen-bond donors (Lipinski definition) is 4. The minimum absolute atomic E-state index is 0.0170. The van der Waals surface area contributed by atoms with Gasteiger partial charge in [-0.05, 0) is 62.2 Å². The topological polar surface area (TPSA) is 129 Å². The second kappa shape index (κ2) is 11.6. The van der Waals surface area contributed by atoms with Gasteiger partial charge in [0.15, 0.2) is 0 Å². The van der Waals surface area contributed by atoms with Gasteiger partial charge in [0, 0.05) is 49.1 Å². The monoisotopic (exact) mass is 574 g/mol. The summed E-state index contributed by atoms with van der Waals surface area (Å²) in [5.74, 6) is 1.10. The van der Waals surface area contributed by atoms with Crippen LogP contribution in [0.2, 0.25) is 0 Å². The third-order valence-electron chi connectivity index (χ3n) is 7.99. The zero-order valence-corrected chi connectivity index (χ0v) is 23.7. The Balaban J connectivity index is 1.19. The number of amides is 4.